The monoisotopic (exact) mass is 552 g/mol. The Morgan fingerprint density at radius 2 is 1.56 bits per heavy atom. The zero-order chi connectivity index (χ0) is 28.7. The molecule has 0 amide bonds. The van der Waals surface area contributed by atoms with Crippen molar-refractivity contribution in [3.8, 4) is 5.75 Å². The Bertz CT molecular complexity index is 1290. The lowest BCUT2D eigenvalue weighted by atomic mass is 9.88. The van der Waals surface area contributed by atoms with Crippen LogP contribution in [0.3, 0.4) is 0 Å². The van der Waals surface area contributed by atoms with Crippen molar-refractivity contribution >= 4 is 28.9 Å². The highest BCUT2D eigenvalue weighted by molar-refractivity contribution is 6.05. The van der Waals surface area contributed by atoms with E-state index in [1.165, 1.54) is 48.1 Å². The number of aliphatic imine (C=N–C) groups is 2. The molecule has 7 nitrogen and oxygen atoms in total. The lowest BCUT2D eigenvalue weighted by molar-refractivity contribution is 0.475. The van der Waals surface area contributed by atoms with E-state index >= 15 is 0 Å². The van der Waals surface area contributed by atoms with Crippen LogP contribution >= 0.6 is 0 Å². The quantitative estimate of drug-likeness (QED) is 0.0655. The van der Waals surface area contributed by atoms with Crippen LogP contribution in [-0.2, 0) is 6.54 Å². The highest BCUT2D eigenvalue weighted by atomic mass is 16.3. The van der Waals surface area contributed by atoms with Gasteiger partial charge in [0.05, 0.1) is 5.84 Å². The molecule has 0 spiro atoms. The average molecular weight is 553 g/mol. The third-order valence-electron chi connectivity index (χ3n) is 7.11. The molecule has 0 atom stereocenters. The largest absolute Gasteiger partial charge is 0.508 e. The highest BCUT2D eigenvalue weighted by Crippen LogP contribution is 2.32. The van der Waals surface area contributed by atoms with Crippen LogP contribution in [-0.4, -0.2) is 30.1 Å². The molecule has 41 heavy (non-hydrogen) atoms. The van der Waals surface area contributed by atoms with Gasteiger partial charge in [-0.1, -0.05) is 68.7 Å². The Labute approximate surface area is 244 Å². The van der Waals surface area contributed by atoms with Crippen LogP contribution in [0.15, 0.2) is 94.4 Å². The molecule has 1 fully saturated rings. The predicted octanol–water partition coefficient (Wildman–Crippen LogP) is 7.50. The fraction of sp³-hybridized carbons (Fsp3) is 0.353. The molecule has 5 N–H and O–H groups in total. The molecule has 0 bridgehead atoms. The van der Waals surface area contributed by atoms with E-state index in [2.05, 4.69) is 87.8 Å². The molecule has 7 heteroatoms. The van der Waals surface area contributed by atoms with Crippen molar-refractivity contribution in [1.82, 2.24) is 10.6 Å². The van der Waals surface area contributed by atoms with Gasteiger partial charge in [0.2, 0.25) is 5.96 Å². The van der Waals surface area contributed by atoms with Crippen molar-refractivity contribution in [2.24, 2.45) is 9.98 Å². The number of hydrogen-bond acceptors (Lipinski definition) is 5. The van der Waals surface area contributed by atoms with Gasteiger partial charge in [-0.25, -0.2) is 4.99 Å². The first-order valence-electron chi connectivity index (χ1n) is 14.8. The number of benzene rings is 3. The molecular weight excluding hydrogens is 508 g/mol. The van der Waals surface area contributed by atoms with Crippen LogP contribution in [0.4, 0.5) is 11.4 Å². The van der Waals surface area contributed by atoms with Crippen LogP contribution in [0, 0.1) is 0 Å². The fourth-order valence-electron chi connectivity index (χ4n) is 4.57. The van der Waals surface area contributed by atoms with Crippen LogP contribution in [0.2, 0.25) is 0 Å². The highest BCUT2D eigenvalue weighted by Gasteiger charge is 2.16. The molecule has 0 heterocycles. The summed E-state index contributed by atoms with van der Waals surface area (Å²) in [5, 5.41) is 23.3. The van der Waals surface area contributed by atoms with Gasteiger partial charge in [-0.05, 0) is 85.7 Å². The Balaban J connectivity index is 1.37. The summed E-state index contributed by atoms with van der Waals surface area (Å²) < 4.78 is 0. The van der Waals surface area contributed by atoms with Gasteiger partial charge in [-0.2, -0.15) is 0 Å². The summed E-state index contributed by atoms with van der Waals surface area (Å²) in [4.78, 5) is 9.38. The van der Waals surface area contributed by atoms with Gasteiger partial charge in [-0.15, -0.1) is 0 Å². The van der Waals surface area contributed by atoms with E-state index in [1.807, 2.05) is 19.1 Å². The predicted molar refractivity (Wildman–Crippen MR) is 173 cm³/mol. The van der Waals surface area contributed by atoms with Gasteiger partial charge in [0.1, 0.15) is 12.4 Å². The molecule has 0 saturated heterocycles. The van der Waals surface area contributed by atoms with Gasteiger partial charge in [0, 0.05) is 30.2 Å². The number of amidine groups is 1. The van der Waals surface area contributed by atoms with Crippen molar-refractivity contribution in [2.75, 3.05) is 23.8 Å². The Kier molecular flexibility index (Phi) is 11.7. The van der Waals surface area contributed by atoms with Crippen LogP contribution in [0.25, 0.3) is 5.70 Å². The minimum absolute atomic E-state index is 0.225. The summed E-state index contributed by atoms with van der Waals surface area (Å²) in [6, 6.07) is 26.0. The second kappa shape index (κ2) is 16.1. The van der Waals surface area contributed by atoms with E-state index < -0.39 is 0 Å². The van der Waals surface area contributed by atoms with E-state index in [0.717, 1.165) is 49.6 Å². The van der Waals surface area contributed by atoms with Crippen molar-refractivity contribution in [3.63, 3.8) is 0 Å². The number of nitrogens with one attached hydrogen (secondary N) is 4. The number of rotatable bonds is 13. The molecule has 216 valence electrons. The molecule has 3 aromatic rings. The number of aromatic hydroxyl groups is 1. The molecule has 0 aliphatic heterocycles. The first-order chi connectivity index (χ1) is 20.1. The summed E-state index contributed by atoms with van der Waals surface area (Å²) in [7, 11) is 0. The van der Waals surface area contributed by atoms with Crippen LogP contribution < -0.4 is 21.3 Å². The summed E-state index contributed by atoms with van der Waals surface area (Å²) in [6.45, 7) is 6.18. The molecule has 1 aliphatic rings. The molecule has 4 rings (SSSR count). The molecule has 0 radical (unpaired) electrons. The average Bonchev–Trinajstić information content (AvgIpc) is 2.96. The molecule has 1 saturated carbocycles. The second-order valence-corrected chi connectivity index (χ2v) is 10.4. The Morgan fingerprint density at radius 1 is 0.829 bits per heavy atom. The maximum absolute atomic E-state index is 9.64. The van der Waals surface area contributed by atoms with Crippen molar-refractivity contribution in [3.05, 3.63) is 95.6 Å². The molecule has 0 aromatic heterocycles. The standard InChI is InChI=1S/C34H44N6O/c1-3-4-5-9-23-35-26(2)39-34(40-31-19-21-32(41)22-20-31)38-25-37-30-17-15-29(16-18-30)33(28-13-10-14-28)36-24-27-11-7-6-8-12-27/h6-8,11-12,15-22,36-37,41H,3-5,9-10,13-14,23-25H2,1-2H3,(H2,35,38,39,40). The Hall–Kier alpha value is -4.26. The van der Waals surface area contributed by atoms with E-state index in [1.54, 1.807) is 12.1 Å². The molecule has 0 unspecified atom stereocenters. The number of phenolic OH excluding ortho intramolecular Hbond substituents is 1. The van der Waals surface area contributed by atoms with E-state index in [-0.39, 0.29) is 5.75 Å². The van der Waals surface area contributed by atoms with Crippen LogP contribution in [0.5, 0.6) is 5.75 Å². The van der Waals surface area contributed by atoms with Gasteiger partial charge < -0.3 is 26.4 Å². The first kappa shape index (κ1) is 29.7. The topological polar surface area (TPSA) is 93.1 Å². The maximum atomic E-state index is 9.64. The van der Waals surface area contributed by atoms with Gasteiger partial charge >= 0.3 is 0 Å². The van der Waals surface area contributed by atoms with Gasteiger partial charge in [0.15, 0.2) is 0 Å². The van der Waals surface area contributed by atoms with Crippen molar-refractivity contribution in [1.29, 1.82) is 0 Å². The minimum atomic E-state index is 0.225. The summed E-state index contributed by atoms with van der Waals surface area (Å²) >= 11 is 0. The lowest BCUT2D eigenvalue weighted by Crippen LogP contribution is -2.35. The second-order valence-electron chi connectivity index (χ2n) is 10.4. The number of allylic oxidation sites excluding steroid dienone is 1. The molecular formula is C34H44N6O. The third kappa shape index (κ3) is 10.0. The Morgan fingerprint density at radius 3 is 2.24 bits per heavy atom. The molecule has 1 aliphatic carbocycles. The zero-order valence-electron chi connectivity index (χ0n) is 24.4. The summed E-state index contributed by atoms with van der Waals surface area (Å²) in [5.74, 6) is 1.63. The van der Waals surface area contributed by atoms with E-state index in [4.69, 9.17) is 4.99 Å². The smallest absolute Gasteiger partial charge is 0.203 e. The normalized spacial score (nSPS) is 13.4. The number of phenols is 1. The number of unbranched alkanes of at least 4 members (excludes halogenated alkanes) is 3. The lowest BCUT2D eigenvalue weighted by Gasteiger charge is -2.24. The van der Waals surface area contributed by atoms with Crippen molar-refractivity contribution in [2.45, 2.75) is 65.3 Å². The maximum Gasteiger partial charge on any atom is 0.203 e. The van der Waals surface area contributed by atoms with Crippen LogP contribution in [0.1, 0.15) is 69.9 Å². The van der Waals surface area contributed by atoms with Gasteiger partial charge in [0.25, 0.3) is 0 Å². The summed E-state index contributed by atoms with van der Waals surface area (Å²) in [5.41, 5.74) is 7.09. The number of guanidine groups is 1. The number of nitrogens with zero attached hydrogens (tertiary/aromatic N) is 2. The zero-order valence-corrected chi connectivity index (χ0v) is 24.4. The van der Waals surface area contributed by atoms with E-state index in [9.17, 15) is 5.11 Å². The summed E-state index contributed by atoms with van der Waals surface area (Å²) in [6.07, 6.45) is 8.34. The minimum Gasteiger partial charge on any atom is -0.508 e. The van der Waals surface area contributed by atoms with Gasteiger partial charge in [-0.3, -0.25) is 4.99 Å². The fourth-order valence-corrected chi connectivity index (χ4v) is 4.57. The van der Waals surface area contributed by atoms with Crippen molar-refractivity contribution < 1.29 is 5.11 Å². The first-order valence-corrected chi connectivity index (χ1v) is 14.8. The number of anilines is 2. The SMILES string of the molecule is CCCCCCN=C(C)N/C(=N\CNc1ccc(C(NCc2ccccc2)=C2CCC2)cc1)Nc1ccc(O)cc1. The molecule has 3 aromatic carbocycles. The number of hydrogen-bond donors (Lipinski definition) is 5. The third-order valence-corrected chi connectivity index (χ3v) is 7.11. The van der Waals surface area contributed by atoms with E-state index in [0.29, 0.717) is 12.6 Å².